The van der Waals surface area contributed by atoms with Gasteiger partial charge in [0.2, 0.25) is 0 Å². The Bertz CT molecular complexity index is 619. The summed E-state index contributed by atoms with van der Waals surface area (Å²) < 4.78 is 11.4. The van der Waals surface area contributed by atoms with Crippen LogP contribution in [0.3, 0.4) is 0 Å². The van der Waals surface area contributed by atoms with E-state index in [0.717, 1.165) is 5.56 Å². The van der Waals surface area contributed by atoms with Gasteiger partial charge < -0.3 is 9.47 Å². The van der Waals surface area contributed by atoms with Gasteiger partial charge in [0.25, 0.3) is 5.88 Å². The molecule has 2 heterocycles. The minimum atomic E-state index is -0.222. The van der Waals surface area contributed by atoms with Crippen molar-refractivity contribution in [2.75, 3.05) is 6.61 Å². The van der Waals surface area contributed by atoms with E-state index in [4.69, 9.17) is 14.7 Å². The van der Waals surface area contributed by atoms with Crippen molar-refractivity contribution in [1.29, 1.82) is 5.26 Å². The van der Waals surface area contributed by atoms with E-state index in [1.807, 2.05) is 24.3 Å². The number of hydrogen-bond acceptors (Lipinski definition) is 4. The number of pyridine rings is 1. The molecule has 0 aliphatic carbocycles. The lowest BCUT2D eigenvalue weighted by Crippen LogP contribution is -2.22. The zero-order valence-corrected chi connectivity index (χ0v) is 9.54. The van der Waals surface area contributed by atoms with Crippen LogP contribution in [0.1, 0.15) is 17.2 Å². The first-order valence-electron chi connectivity index (χ1n) is 5.61. The molecule has 0 saturated carbocycles. The monoisotopic (exact) mass is 238 g/mol. The van der Waals surface area contributed by atoms with Crippen LogP contribution in [-0.4, -0.2) is 11.6 Å². The predicted molar refractivity (Wildman–Crippen MR) is 64.3 cm³/mol. The zero-order chi connectivity index (χ0) is 12.4. The third-order valence-corrected chi connectivity index (χ3v) is 2.77. The largest absolute Gasteiger partial charge is 0.484 e. The average Bonchev–Trinajstić information content (AvgIpc) is 2.47. The fourth-order valence-electron chi connectivity index (χ4n) is 1.88. The van der Waals surface area contributed by atoms with Crippen molar-refractivity contribution in [3.63, 3.8) is 0 Å². The van der Waals surface area contributed by atoms with Crippen LogP contribution >= 0.6 is 0 Å². The molecular weight excluding hydrogens is 228 g/mol. The quantitative estimate of drug-likeness (QED) is 0.765. The molecule has 0 unspecified atom stereocenters. The van der Waals surface area contributed by atoms with E-state index in [2.05, 4.69) is 11.1 Å². The van der Waals surface area contributed by atoms with Crippen LogP contribution in [0, 0.1) is 11.3 Å². The molecule has 0 N–H and O–H groups in total. The summed E-state index contributed by atoms with van der Waals surface area (Å²) in [6.07, 6.45) is 1.44. The summed E-state index contributed by atoms with van der Waals surface area (Å²) in [6, 6.07) is 13.1. The number of hydrogen-bond donors (Lipinski definition) is 0. The maximum atomic E-state index is 8.88. The summed E-state index contributed by atoms with van der Waals surface area (Å²) in [7, 11) is 0. The third-order valence-electron chi connectivity index (χ3n) is 2.77. The lowest BCUT2D eigenvalue weighted by Gasteiger charge is -2.25. The standard InChI is InChI=1S/C14H10N2O2/c15-8-10-3-1-4-11(7-10)13-9-17-12-5-2-6-16-14(12)18-13/h1-7,13H,9H2/t13-/m0/s1. The van der Waals surface area contributed by atoms with Crippen LogP contribution < -0.4 is 9.47 Å². The Balaban J connectivity index is 1.90. The van der Waals surface area contributed by atoms with Gasteiger partial charge in [0.1, 0.15) is 6.61 Å². The second-order valence-electron chi connectivity index (χ2n) is 3.96. The summed E-state index contributed by atoms with van der Waals surface area (Å²) in [5.41, 5.74) is 1.54. The molecule has 1 aliphatic heterocycles. The SMILES string of the molecule is N#Cc1cccc([C@@H]2COc3cccnc3O2)c1. The van der Waals surface area contributed by atoms with Crippen LogP contribution in [0.15, 0.2) is 42.6 Å². The van der Waals surface area contributed by atoms with Crippen LogP contribution in [-0.2, 0) is 0 Å². The van der Waals surface area contributed by atoms with Crippen molar-refractivity contribution < 1.29 is 9.47 Å². The number of nitriles is 1. The average molecular weight is 238 g/mol. The lowest BCUT2D eigenvalue weighted by molar-refractivity contribution is 0.0851. The highest BCUT2D eigenvalue weighted by atomic mass is 16.6. The summed E-state index contributed by atoms with van der Waals surface area (Å²) in [5.74, 6) is 1.15. The minimum absolute atomic E-state index is 0.222. The second kappa shape index (κ2) is 4.38. The predicted octanol–water partition coefficient (Wildman–Crippen LogP) is 2.47. The van der Waals surface area contributed by atoms with Crippen molar-refractivity contribution in [1.82, 2.24) is 4.98 Å². The molecule has 0 saturated heterocycles. The van der Waals surface area contributed by atoms with E-state index < -0.39 is 0 Å². The number of rotatable bonds is 1. The molecule has 4 nitrogen and oxygen atoms in total. The van der Waals surface area contributed by atoms with Gasteiger partial charge in [-0.2, -0.15) is 5.26 Å². The van der Waals surface area contributed by atoms with E-state index in [1.165, 1.54) is 0 Å². The first-order valence-corrected chi connectivity index (χ1v) is 5.61. The molecular formula is C14H10N2O2. The van der Waals surface area contributed by atoms with Crippen LogP contribution in [0.5, 0.6) is 11.6 Å². The Morgan fingerprint density at radius 2 is 2.22 bits per heavy atom. The highest BCUT2D eigenvalue weighted by Crippen LogP contribution is 2.33. The molecule has 2 aromatic rings. The van der Waals surface area contributed by atoms with Gasteiger partial charge in [0.15, 0.2) is 11.9 Å². The number of ether oxygens (including phenoxy) is 2. The molecule has 0 radical (unpaired) electrons. The van der Waals surface area contributed by atoms with Crippen molar-refractivity contribution in [2.45, 2.75) is 6.10 Å². The number of aromatic nitrogens is 1. The number of fused-ring (bicyclic) bond motifs is 1. The molecule has 0 spiro atoms. The van der Waals surface area contributed by atoms with Crippen molar-refractivity contribution in [2.24, 2.45) is 0 Å². The van der Waals surface area contributed by atoms with Gasteiger partial charge in [-0.25, -0.2) is 4.98 Å². The summed E-state index contributed by atoms with van der Waals surface area (Å²) >= 11 is 0. The zero-order valence-electron chi connectivity index (χ0n) is 9.54. The van der Waals surface area contributed by atoms with E-state index in [9.17, 15) is 0 Å². The topological polar surface area (TPSA) is 55.1 Å². The first-order chi connectivity index (χ1) is 8.86. The maximum absolute atomic E-state index is 8.88. The lowest BCUT2D eigenvalue weighted by atomic mass is 10.1. The van der Waals surface area contributed by atoms with Gasteiger partial charge in [-0.15, -0.1) is 0 Å². The number of benzene rings is 1. The van der Waals surface area contributed by atoms with Gasteiger partial charge in [0, 0.05) is 6.20 Å². The van der Waals surface area contributed by atoms with Crippen LogP contribution in [0.2, 0.25) is 0 Å². The summed E-state index contributed by atoms with van der Waals surface area (Å²) in [6.45, 7) is 0.424. The molecule has 1 aromatic carbocycles. The van der Waals surface area contributed by atoms with E-state index in [0.29, 0.717) is 23.8 Å². The Labute approximate surface area is 104 Å². The molecule has 3 rings (SSSR count). The second-order valence-corrected chi connectivity index (χ2v) is 3.96. The van der Waals surface area contributed by atoms with E-state index in [-0.39, 0.29) is 6.10 Å². The molecule has 0 bridgehead atoms. The van der Waals surface area contributed by atoms with Gasteiger partial charge in [-0.05, 0) is 29.8 Å². The molecule has 18 heavy (non-hydrogen) atoms. The highest BCUT2D eigenvalue weighted by Gasteiger charge is 2.23. The maximum Gasteiger partial charge on any atom is 0.257 e. The van der Waals surface area contributed by atoms with E-state index >= 15 is 0 Å². The molecule has 88 valence electrons. The smallest absolute Gasteiger partial charge is 0.257 e. The Morgan fingerprint density at radius 3 is 3.11 bits per heavy atom. The molecule has 1 atom stereocenters. The van der Waals surface area contributed by atoms with E-state index in [1.54, 1.807) is 18.3 Å². The molecule has 4 heteroatoms. The highest BCUT2D eigenvalue weighted by molar-refractivity contribution is 5.38. The van der Waals surface area contributed by atoms with Crippen molar-refractivity contribution in [3.8, 4) is 17.7 Å². The van der Waals surface area contributed by atoms with Crippen LogP contribution in [0.25, 0.3) is 0 Å². The molecule has 1 aromatic heterocycles. The van der Waals surface area contributed by atoms with Gasteiger partial charge in [-0.3, -0.25) is 0 Å². The minimum Gasteiger partial charge on any atom is -0.484 e. The van der Waals surface area contributed by atoms with Gasteiger partial charge >= 0.3 is 0 Å². The molecule has 1 aliphatic rings. The van der Waals surface area contributed by atoms with Crippen molar-refractivity contribution in [3.05, 3.63) is 53.7 Å². The number of nitrogens with zero attached hydrogens (tertiary/aromatic N) is 2. The van der Waals surface area contributed by atoms with Gasteiger partial charge in [-0.1, -0.05) is 12.1 Å². The summed E-state index contributed by atoms with van der Waals surface area (Å²) in [4.78, 5) is 4.13. The molecule has 0 fully saturated rings. The fraction of sp³-hybridized carbons (Fsp3) is 0.143. The Hall–Kier alpha value is -2.54. The Morgan fingerprint density at radius 1 is 1.28 bits per heavy atom. The van der Waals surface area contributed by atoms with Crippen molar-refractivity contribution >= 4 is 0 Å². The fourth-order valence-corrected chi connectivity index (χ4v) is 1.88. The Kier molecular flexibility index (Phi) is 2.58. The van der Waals surface area contributed by atoms with Crippen LogP contribution in [0.4, 0.5) is 0 Å². The normalized spacial score (nSPS) is 16.9. The first kappa shape index (κ1) is 10.6. The molecule has 0 amide bonds. The third kappa shape index (κ3) is 1.87. The van der Waals surface area contributed by atoms with Gasteiger partial charge in [0.05, 0.1) is 11.6 Å². The summed E-state index contributed by atoms with van der Waals surface area (Å²) in [5, 5.41) is 8.88.